The van der Waals surface area contributed by atoms with Gasteiger partial charge in [-0.05, 0) is 12.1 Å². The highest BCUT2D eigenvalue weighted by Crippen LogP contribution is 2.30. The van der Waals surface area contributed by atoms with E-state index in [4.69, 9.17) is 14.6 Å². The first-order chi connectivity index (χ1) is 14.8. The van der Waals surface area contributed by atoms with Crippen LogP contribution in [0.25, 0.3) is 11.4 Å². The number of thiophene rings is 1. The van der Waals surface area contributed by atoms with Gasteiger partial charge < -0.3 is 35.3 Å². The minimum absolute atomic E-state index is 0.103. The Balaban J connectivity index is 1.76. The number of carbonyl (C=O) groups is 2. The number of rotatable bonds is 7. The average Bonchev–Trinajstić information content (AvgIpc) is 3.21. The molecule has 31 heavy (non-hydrogen) atoms. The maximum Gasteiger partial charge on any atom is 0.358 e. The second-order valence-electron chi connectivity index (χ2n) is 6.10. The number of anilines is 1. The number of aromatic amines is 1. The lowest BCUT2D eigenvalue weighted by molar-refractivity contribution is 0.0686. The van der Waals surface area contributed by atoms with Crippen LogP contribution in [-0.2, 0) is 6.54 Å². The van der Waals surface area contributed by atoms with Crippen LogP contribution in [0.4, 0.5) is 10.5 Å². The van der Waals surface area contributed by atoms with E-state index in [9.17, 15) is 19.5 Å². The summed E-state index contributed by atoms with van der Waals surface area (Å²) in [7, 11) is 3.04. The van der Waals surface area contributed by atoms with E-state index in [-0.39, 0.29) is 12.4 Å². The van der Waals surface area contributed by atoms with Crippen molar-refractivity contribution in [2.24, 2.45) is 0 Å². The van der Waals surface area contributed by atoms with Gasteiger partial charge in [0.15, 0.2) is 5.69 Å². The first kappa shape index (κ1) is 21.6. The fourth-order valence-electron chi connectivity index (χ4n) is 2.66. The monoisotopic (exact) mass is 446 g/mol. The number of aromatic carboxylic acids is 1. The van der Waals surface area contributed by atoms with E-state index < -0.39 is 29.0 Å². The van der Waals surface area contributed by atoms with Crippen molar-refractivity contribution in [1.29, 1.82) is 0 Å². The van der Waals surface area contributed by atoms with Gasteiger partial charge in [-0.15, -0.1) is 11.3 Å². The summed E-state index contributed by atoms with van der Waals surface area (Å²) in [5, 5.41) is 27.2. The Morgan fingerprint density at radius 2 is 2.00 bits per heavy atom. The number of carboxylic acids is 1. The van der Waals surface area contributed by atoms with Crippen molar-refractivity contribution in [3.63, 3.8) is 0 Å². The van der Waals surface area contributed by atoms with Crippen LogP contribution >= 0.6 is 11.3 Å². The Hall–Kier alpha value is -4.06. The molecule has 0 unspecified atom stereocenters. The zero-order valence-corrected chi connectivity index (χ0v) is 17.2. The number of H-pyrrole nitrogens is 1. The van der Waals surface area contributed by atoms with Crippen molar-refractivity contribution >= 4 is 29.0 Å². The van der Waals surface area contributed by atoms with E-state index in [2.05, 4.69) is 20.6 Å². The van der Waals surface area contributed by atoms with Gasteiger partial charge >= 0.3 is 12.0 Å². The molecule has 1 aromatic carbocycles. The van der Waals surface area contributed by atoms with Crippen molar-refractivity contribution in [3.8, 4) is 28.6 Å². The lowest BCUT2D eigenvalue weighted by Gasteiger charge is -2.12. The number of methoxy groups -OCH3 is 2. The summed E-state index contributed by atoms with van der Waals surface area (Å²) in [4.78, 5) is 41.5. The quantitative estimate of drug-likeness (QED) is 0.369. The van der Waals surface area contributed by atoms with Crippen molar-refractivity contribution in [3.05, 3.63) is 50.6 Å². The fraction of sp³-hybridized carbons (Fsp3) is 0.158. The van der Waals surface area contributed by atoms with E-state index in [0.29, 0.717) is 22.7 Å². The molecule has 2 aromatic heterocycles. The van der Waals surface area contributed by atoms with Crippen LogP contribution in [-0.4, -0.2) is 46.4 Å². The molecule has 11 nitrogen and oxygen atoms in total. The number of urea groups is 1. The van der Waals surface area contributed by atoms with E-state index in [1.807, 2.05) is 0 Å². The number of nitrogens with zero attached hydrogens (tertiary/aromatic N) is 1. The molecule has 0 spiro atoms. The molecule has 0 saturated heterocycles. The van der Waals surface area contributed by atoms with Gasteiger partial charge in [-0.3, -0.25) is 4.79 Å². The molecular formula is C19H18N4O7S. The molecule has 0 aliphatic rings. The Kier molecular flexibility index (Phi) is 6.40. The molecule has 12 heteroatoms. The number of benzene rings is 1. The van der Waals surface area contributed by atoms with Crippen LogP contribution in [0.1, 0.15) is 16.1 Å². The second kappa shape index (κ2) is 9.17. The molecular weight excluding hydrogens is 428 g/mol. The number of hydrogen-bond donors (Lipinski definition) is 5. The smallest absolute Gasteiger partial charge is 0.358 e. The molecule has 2 heterocycles. The molecule has 0 saturated carbocycles. The number of carbonyl (C=O) groups excluding carboxylic acids is 1. The van der Waals surface area contributed by atoms with Gasteiger partial charge in [-0.25, -0.2) is 14.6 Å². The molecule has 0 atom stereocenters. The molecule has 3 rings (SSSR count). The normalized spacial score (nSPS) is 10.4. The van der Waals surface area contributed by atoms with Gasteiger partial charge in [-0.2, -0.15) is 0 Å². The molecule has 0 aliphatic carbocycles. The maximum atomic E-state index is 12.4. The summed E-state index contributed by atoms with van der Waals surface area (Å²) < 4.78 is 10.4. The van der Waals surface area contributed by atoms with Crippen LogP contribution in [0.2, 0.25) is 0 Å². The number of ether oxygens (including phenoxy) is 2. The van der Waals surface area contributed by atoms with Gasteiger partial charge in [-0.1, -0.05) is 0 Å². The molecule has 2 amide bonds. The molecule has 0 bridgehead atoms. The predicted octanol–water partition coefficient (Wildman–Crippen LogP) is 2.24. The fourth-order valence-corrected chi connectivity index (χ4v) is 3.43. The van der Waals surface area contributed by atoms with Crippen molar-refractivity contribution in [2.45, 2.75) is 6.54 Å². The van der Waals surface area contributed by atoms with Crippen LogP contribution < -0.4 is 25.7 Å². The SMILES string of the molecule is COc1ccc(CNC(=O)Nc2cscc2-c2nc(C(=O)O)c(O)c(=O)[nH]2)c(OC)c1. The van der Waals surface area contributed by atoms with Crippen LogP contribution in [0.15, 0.2) is 33.8 Å². The third kappa shape index (κ3) is 4.75. The summed E-state index contributed by atoms with van der Waals surface area (Å²) in [5.41, 5.74) is -0.474. The summed E-state index contributed by atoms with van der Waals surface area (Å²) in [6.45, 7) is 0.163. The first-order valence-corrected chi connectivity index (χ1v) is 9.67. The minimum atomic E-state index is -1.55. The van der Waals surface area contributed by atoms with E-state index in [0.717, 1.165) is 5.56 Å². The predicted molar refractivity (Wildman–Crippen MR) is 112 cm³/mol. The van der Waals surface area contributed by atoms with E-state index >= 15 is 0 Å². The topological polar surface area (TPSA) is 163 Å². The number of aromatic nitrogens is 2. The Labute approximate surface area is 179 Å². The summed E-state index contributed by atoms with van der Waals surface area (Å²) >= 11 is 1.20. The van der Waals surface area contributed by atoms with Gasteiger partial charge in [0.2, 0.25) is 5.75 Å². The standard InChI is InChI=1S/C19H18N4O7S/c1-29-10-4-3-9(13(5-10)30-2)6-20-19(28)21-12-8-31-7-11(12)16-22-14(18(26)27)15(24)17(25)23-16/h3-5,7-8,24H,6H2,1-2H3,(H,26,27)(H2,20,21,28)(H,22,23,25). The van der Waals surface area contributed by atoms with Crippen molar-refractivity contribution in [2.75, 3.05) is 19.5 Å². The number of amides is 2. The number of carboxylic acid groups (broad SMARTS) is 1. The van der Waals surface area contributed by atoms with Gasteiger partial charge in [0, 0.05) is 28.9 Å². The summed E-state index contributed by atoms with van der Waals surface area (Å²) in [6.07, 6.45) is 0. The van der Waals surface area contributed by atoms with Crippen molar-refractivity contribution < 1.29 is 29.3 Å². The molecule has 0 fully saturated rings. The molecule has 0 radical (unpaired) electrons. The lowest BCUT2D eigenvalue weighted by atomic mass is 10.2. The van der Waals surface area contributed by atoms with Crippen LogP contribution in [0.5, 0.6) is 17.2 Å². The number of nitrogens with one attached hydrogen (secondary N) is 3. The lowest BCUT2D eigenvalue weighted by Crippen LogP contribution is -2.28. The molecule has 5 N–H and O–H groups in total. The number of aromatic hydroxyl groups is 1. The van der Waals surface area contributed by atoms with E-state index in [1.54, 1.807) is 29.0 Å². The average molecular weight is 446 g/mol. The highest BCUT2D eigenvalue weighted by Gasteiger charge is 2.20. The Bertz CT molecular complexity index is 1190. The largest absolute Gasteiger partial charge is 0.501 e. The molecule has 162 valence electrons. The van der Waals surface area contributed by atoms with Gasteiger partial charge in [0.05, 0.1) is 25.5 Å². The molecule has 3 aromatic rings. The summed E-state index contributed by atoms with van der Waals surface area (Å²) in [5.74, 6) is -1.49. The zero-order valence-electron chi connectivity index (χ0n) is 16.4. The van der Waals surface area contributed by atoms with Crippen LogP contribution in [0, 0.1) is 0 Å². The maximum absolute atomic E-state index is 12.4. The minimum Gasteiger partial charge on any atom is -0.501 e. The van der Waals surface area contributed by atoms with E-state index in [1.165, 1.54) is 25.6 Å². The Morgan fingerprint density at radius 1 is 1.23 bits per heavy atom. The summed E-state index contributed by atoms with van der Waals surface area (Å²) in [6, 6.07) is 4.64. The third-order valence-electron chi connectivity index (χ3n) is 4.20. The van der Waals surface area contributed by atoms with Crippen molar-refractivity contribution in [1.82, 2.24) is 15.3 Å². The van der Waals surface area contributed by atoms with Gasteiger partial charge in [0.1, 0.15) is 17.3 Å². The van der Waals surface area contributed by atoms with Crippen LogP contribution in [0.3, 0.4) is 0 Å². The first-order valence-electron chi connectivity index (χ1n) is 8.73. The third-order valence-corrected chi connectivity index (χ3v) is 4.94. The molecule has 0 aliphatic heterocycles. The number of hydrogen-bond acceptors (Lipinski definition) is 8. The van der Waals surface area contributed by atoms with Gasteiger partial charge in [0.25, 0.3) is 5.56 Å². The Morgan fingerprint density at radius 3 is 2.68 bits per heavy atom. The second-order valence-corrected chi connectivity index (χ2v) is 6.85. The highest BCUT2D eigenvalue weighted by atomic mass is 32.1. The zero-order chi connectivity index (χ0) is 22.5. The highest BCUT2D eigenvalue weighted by molar-refractivity contribution is 7.08.